The topological polar surface area (TPSA) is 135 Å². The molecule has 1 unspecified atom stereocenters. The van der Waals surface area contributed by atoms with Gasteiger partial charge in [0.15, 0.2) is 0 Å². The predicted molar refractivity (Wildman–Crippen MR) is 205 cm³/mol. The fraction of sp³-hybridized carbons (Fsp3) is 0.500. The number of hydrogen-bond donors (Lipinski definition) is 2. The van der Waals surface area contributed by atoms with Gasteiger partial charge >= 0.3 is 5.97 Å². The van der Waals surface area contributed by atoms with Gasteiger partial charge in [0, 0.05) is 35.6 Å². The van der Waals surface area contributed by atoms with E-state index in [0.717, 1.165) is 0 Å². The molecule has 3 aliphatic rings. The number of aliphatic hydroxyl groups excluding tert-OH is 1. The maximum absolute atomic E-state index is 15.0. The summed E-state index contributed by atoms with van der Waals surface area (Å²) in [5.41, 5.74) is -0.256. The van der Waals surface area contributed by atoms with E-state index in [1.165, 1.54) is 16.9 Å². The summed E-state index contributed by atoms with van der Waals surface area (Å²) in [7, 11) is 1.49. The molecule has 286 valence electrons. The highest BCUT2D eigenvalue weighted by Crippen LogP contribution is 2.61. The van der Waals surface area contributed by atoms with Crippen molar-refractivity contribution < 1.29 is 38.5 Å². The van der Waals surface area contributed by atoms with Gasteiger partial charge in [-0.15, -0.1) is 13.2 Å². The molecule has 1 spiro atoms. The molecular weight excluding hydrogens is 766 g/mol. The van der Waals surface area contributed by atoms with Crippen LogP contribution in [0.3, 0.4) is 0 Å². The molecule has 13 heteroatoms. The zero-order valence-corrected chi connectivity index (χ0v) is 32.7. The number of aliphatic hydroxyl groups is 1. The number of carbonyl (C=O) groups is 4. The third-order valence-corrected chi connectivity index (χ3v) is 11.4. The zero-order valence-electron chi connectivity index (χ0n) is 30.4. The van der Waals surface area contributed by atoms with Crippen LogP contribution in [-0.4, -0.2) is 95.2 Å². The van der Waals surface area contributed by atoms with Crippen LogP contribution in [0.4, 0.5) is 5.69 Å². The van der Waals surface area contributed by atoms with E-state index in [1.54, 1.807) is 60.7 Å². The first-order valence-electron chi connectivity index (χ1n) is 18.0. The van der Waals surface area contributed by atoms with Crippen LogP contribution in [0.5, 0.6) is 0 Å². The molecule has 3 fully saturated rings. The van der Waals surface area contributed by atoms with Crippen molar-refractivity contribution in [3.8, 4) is 0 Å². The second-order valence-electron chi connectivity index (χ2n) is 14.3. The highest BCUT2D eigenvalue weighted by molar-refractivity contribution is 9.09. The van der Waals surface area contributed by atoms with Gasteiger partial charge < -0.3 is 34.4 Å². The van der Waals surface area contributed by atoms with Gasteiger partial charge in [-0.2, -0.15) is 0 Å². The fourth-order valence-corrected chi connectivity index (χ4v) is 9.24. The van der Waals surface area contributed by atoms with Crippen molar-refractivity contribution in [1.29, 1.82) is 0 Å². The minimum Gasteiger partial charge on any atom is -0.455 e. The SMILES string of the molecule is C=CCCC(=O)N[C@H](COC)[C@H](OC(=O)[C@H]1[C@@H]2O[C@@]3(CC2Br)[C@@H]1C(=O)N([C@@H](CO)CC(C)C)[C@@H]3C(=O)N(CC=C)c1ccc(Cl)cc1)c1ccccc1. The summed E-state index contributed by atoms with van der Waals surface area (Å²) < 4.78 is 18.6. The van der Waals surface area contributed by atoms with E-state index < -0.39 is 77.0 Å². The Morgan fingerprint density at radius 2 is 1.85 bits per heavy atom. The highest BCUT2D eigenvalue weighted by Gasteiger charge is 2.77. The number of carbonyl (C=O) groups excluding carboxylic acids is 4. The van der Waals surface area contributed by atoms with Gasteiger partial charge in [0.25, 0.3) is 5.91 Å². The van der Waals surface area contributed by atoms with Crippen LogP contribution in [0.15, 0.2) is 79.9 Å². The molecule has 2 aromatic carbocycles. The van der Waals surface area contributed by atoms with Gasteiger partial charge in [-0.1, -0.05) is 83.9 Å². The van der Waals surface area contributed by atoms with Crippen LogP contribution < -0.4 is 10.2 Å². The van der Waals surface area contributed by atoms with E-state index in [9.17, 15) is 24.3 Å². The summed E-state index contributed by atoms with van der Waals surface area (Å²) >= 11 is 9.92. The second kappa shape index (κ2) is 17.7. The minimum absolute atomic E-state index is 0.0339. The number of amides is 3. The Balaban J connectivity index is 1.56. The van der Waals surface area contributed by atoms with Crippen molar-refractivity contribution in [1.82, 2.24) is 10.2 Å². The molecule has 2 bridgehead atoms. The highest BCUT2D eigenvalue weighted by atomic mass is 79.9. The average molecular weight is 815 g/mol. The lowest BCUT2D eigenvalue weighted by Gasteiger charge is -2.39. The molecule has 3 saturated heterocycles. The number of hydrogen-bond acceptors (Lipinski definition) is 8. The minimum atomic E-state index is -1.42. The summed E-state index contributed by atoms with van der Waals surface area (Å²) in [6.45, 7) is 11.3. The van der Waals surface area contributed by atoms with Gasteiger partial charge in [-0.05, 0) is 55.0 Å². The third-order valence-electron chi connectivity index (χ3n) is 10.3. The van der Waals surface area contributed by atoms with Crippen molar-refractivity contribution in [2.75, 3.05) is 31.8 Å². The Morgan fingerprint density at radius 3 is 2.45 bits per heavy atom. The number of methoxy groups -OCH3 is 1. The Kier molecular flexibility index (Phi) is 13.6. The molecule has 0 aromatic heterocycles. The monoisotopic (exact) mass is 813 g/mol. The molecular formula is C40H49BrClN3O8. The molecule has 2 N–H and O–H groups in total. The van der Waals surface area contributed by atoms with Crippen LogP contribution in [0.1, 0.15) is 51.2 Å². The van der Waals surface area contributed by atoms with E-state index >= 15 is 0 Å². The summed E-state index contributed by atoms with van der Waals surface area (Å²) in [4.78, 5) is 60.1. The molecule has 0 aliphatic carbocycles. The first kappa shape index (κ1) is 40.6. The number of ether oxygens (including phenoxy) is 3. The van der Waals surface area contributed by atoms with Crippen LogP contribution in [-0.2, 0) is 33.4 Å². The van der Waals surface area contributed by atoms with Crippen molar-refractivity contribution in [2.45, 2.75) is 80.3 Å². The molecule has 11 nitrogen and oxygen atoms in total. The van der Waals surface area contributed by atoms with E-state index in [1.807, 2.05) is 19.9 Å². The van der Waals surface area contributed by atoms with Crippen molar-refractivity contribution >= 4 is 56.9 Å². The van der Waals surface area contributed by atoms with Crippen LogP contribution in [0, 0.1) is 17.8 Å². The largest absolute Gasteiger partial charge is 0.455 e. The molecule has 53 heavy (non-hydrogen) atoms. The number of benzene rings is 2. The second-order valence-corrected chi connectivity index (χ2v) is 15.9. The lowest BCUT2D eigenvalue weighted by molar-refractivity contribution is -0.163. The number of anilines is 1. The predicted octanol–water partition coefficient (Wildman–Crippen LogP) is 5.40. The summed E-state index contributed by atoms with van der Waals surface area (Å²) in [6.07, 6.45) is 2.79. The van der Waals surface area contributed by atoms with Gasteiger partial charge in [-0.25, -0.2) is 0 Å². The Labute approximate surface area is 324 Å². The number of fused-ring (bicyclic) bond motifs is 1. The maximum Gasteiger partial charge on any atom is 0.313 e. The Bertz CT molecular complexity index is 1640. The summed E-state index contributed by atoms with van der Waals surface area (Å²) in [6, 6.07) is 13.1. The number of nitrogens with one attached hydrogen (secondary N) is 1. The van der Waals surface area contributed by atoms with E-state index in [2.05, 4.69) is 34.4 Å². The maximum atomic E-state index is 15.0. The zero-order chi connectivity index (χ0) is 38.4. The van der Waals surface area contributed by atoms with Crippen LogP contribution in [0.25, 0.3) is 0 Å². The Morgan fingerprint density at radius 1 is 1.15 bits per heavy atom. The van der Waals surface area contributed by atoms with Crippen LogP contribution in [0.2, 0.25) is 5.02 Å². The number of likely N-dealkylation sites (tertiary alicyclic amines) is 1. The molecule has 5 rings (SSSR count). The van der Waals surface area contributed by atoms with Crippen LogP contribution >= 0.6 is 27.5 Å². The number of alkyl halides is 1. The van der Waals surface area contributed by atoms with Gasteiger partial charge in [0.1, 0.15) is 17.7 Å². The molecule has 3 heterocycles. The standard InChI is InChI=1S/C40H49BrClN3O8/c1-6-8-14-31(47)43-30(23-51-5)34(25-12-10-9-11-13-25)52-39(50)32-33-37(48)45(28(22-46)20-24(3)4)36(40(33)21-29(41)35(32)53-40)38(49)44(19-7-2)27-17-15-26(42)16-18-27/h6-7,9-13,15-18,24,28-30,32-36,46H,1-2,8,14,19-23H2,3-5H3,(H,43,47)/t28-,29?,30-,32-,33+,34-,35-,36-,40+/m1/s1. The van der Waals surface area contributed by atoms with Gasteiger partial charge in [0.2, 0.25) is 11.8 Å². The molecule has 9 atom stereocenters. The number of halogens is 2. The van der Waals surface area contributed by atoms with E-state index in [-0.39, 0.29) is 37.8 Å². The normalized spacial score (nSPS) is 26.1. The van der Waals surface area contributed by atoms with Gasteiger partial charge in [0.05, 0.1) is 43.2 Å². The van der Waals surface area contributed by atoms with Gasteiger partial charge in [-0.3, -0.25) is 19.2 Å². The molecule has 0 saturated carbocycles. The smallest absolute Gasteiger partial charge is 0.313 e. The first-order chi connectivity index (χ1) is 25.4. The number of esters is 1. The molecule has 0 radical (unpaired) electrons. The number of rotatable bonds is 18. The number of allylic oxidation sites excluding steroid dienone is 1. The fourth-order valence-electron chi connectivity index (χ4n) is 8.18. The average Bonchev–Trinajstić information content (AvgIpc) is 3.74. The van der Waals surface area contributed by atoms with E-state index in [4.69, 9.17) is 25.8 Å². The number of nitrogens with zero attached hydrogens (tertiary/aromatic N) is 2. The Hall–Kier alpha value is -3.55. The van der Waals surface area contributed by atoms with Crippen molar-refractivity contribution in [3.05, 3.63) is 90.5 Å². The molecule has 3 amide bonds. The third kappa shape index (κ3) is 8.27. The van der Waals surface area contributed by atoms with Crippen molar-refractivity contribution in [3.63, 3.8) is 0 Å². The molecule has 2 aromatic rings. The lowest BCUT2D eigenvalue weighted by Crippen LogP contribution is -2.59. The first-order valence-corrected chi connectivity index (χ1v) is 19.3. The quantitative estimate of drug-likeness (QED) is 0.116. The van der Waals surface area contributed by atoms with Crippen molar-refractivity contribution in [2.24, 2.45) is 17.8 Å². The van der Waals surface area contributed by atoms with E-state index in [0.29, 0.717) is 29.1 Å². The summed E-state index contributed by atoms with van der Waals surface area (Å²) in [5, 5.41) is 14.2. The lowest BCUT2D eigenvalue weighted by atomic mass is 9.70. The molecule has 3 aliphatic heterocycles. The summed E-state index contributed by atoms with van der Waals surface area (Å²) in [5.74, 6) is -3.96.